The van der Waals surface area contributed by atoms with Crippen LogP contribution in [0.15, 0.2) is 54.9 Å². The minimum absolute atomic E-state index is 0.775. The van der Waals surface area contributed by atoms with Crippen LogP contribution in [0.4, 0.5) is 5.69 Å². The highest BCUT2D eigenvalue weighted by atomic mass is 35.5. The van der Waals surface area contributed by atoms with Crippen molar-refractivity contribution in [2.24, 2.45) is 0 Å². The van der Waals surface area contributed by atoms with E-state index in [0.717, 1.165) is 22.6 Å². The molecule has 0 atom stereocenters. The van der Waals surface area contributed by atoms with Gasteiger partial charge in [0.2, 0.25) is 0 Å². The third-order valence-electron chi connectivity index (χ3n) is 3.46. The van der Waals surface area contributed by atoms with E-state index in [1.54, 1.807) is 0 Å². The molecule has 1 N–H and O–H groups in total. The Labute approximate surface area is 123 Å². The summed E-state index contributed by atoms with van der Waals surface area (Å²) in [5.41, 5.74) is 3.55. The third kappa shape index (κ3) is 2.61. The molecule has 3 heteroatoms. The summed E-state index contributed by atoms with van der Waals surface area (Å²) < 4.78 is 0. The summed E-state index contributed by atoms with van der Waals surface area (Å²) in [4.78, 5) is 4.20. The fraction of sp³-hybridized carbons (Fsp3) is 0.118. The van der Waals surface area contributed by atoms with Crippen molar-refractivity contribution in [2.75, 3.05) is 5.32 Å². The van der Waals surface area contributed by atoms with E-state index in [2.05, 4.69) is 41.5 Å². The van der Waals surface area contributed by atoms with Crippen LogP contribution in [0.5, 0.6) is 0 Å². The summed E-state index contributed by atoms with van der Waals surface area (Å²) in [6.45, 7) is 2.85. The minimum Gasteiger partial charge on any atom is -0.380 e. The molecule has 0 spiro atoms. The van der Waals surface area contributed by atoms with E-state index < -0.39 is 0 Å². The highest BCUT2D eigenvalue weighted by Gasteiger charge is 2.02. The fourth-order valence-corrected chi connectivity index (χ4v) is 2.54. The summed E-state index contributed by atoms with van der Waals surface area (Å²) in [6.07, 6.45) is 3.71. The second kappa shape index (κ2) is 5.51. The van der Waals surface area contributed by atoms with Crippen LogP contribution < -0.4 is 5.32 Å². The molecule has 0 aliphatic heterocycles. The van der Waals surface area contributed by atoms with Gasteiger partial charge in [-0.3, -0.25) is 4.98 Å². The molecule has 0 bridgehead atoms. The molecule has 0 saturated carbocycles. The van der Waals surface area contributed by atoms with Crippen LogP contribution in [0, 0.1) is 6.92 Å². The average molecular weight is 283 g/mol. The van der Waals surface area contributed by atoms with Crippen LogP contribution in [0.25, 0.3) is 10.8 Å². The van der Waals surface area contributed by atoms with E-state index in [9.17, 15) is 0 Å². The number of hydrogen-bond donors (Lipinski definition) is 1. The number of pyridine rings is 1. The number of halogens is 1. The van der Waals surface area contributed by atoms with Gasteiger partial charge in [-0.05, 0) is 47.7 Å². The van der Waals surface area contributed by atoms with Gasteiger partial charge in [0.15, 0.2) is 0 Å². The molecule has 3 rings (SSSR count). The quantitative estimate of drug-likeness (QED) is 0.746. The highest BCUT2D eigenvalue weighted by molar-refractivity contribution is 6.30. The molecule has 0 aliphatic rings. The second-order valence-corrected chi connectivity index (χ2v) is 5.26. The number of hydrogen-bond acceptors (Lipinski definition) is 2. The number of fused-ring (bicyclic) bond motifs is 1. The zero-order chi connectivity index (χ0) is 13.9. The third-order valence-corrected chi connectivity index (χ3v) is 3.69. The lowest BCUT2D eigenvalue weighted by Crippen LogP contribution is -2.01. The molecule has 100 valence electrons. The van der Waals surface area contributed by atoms with Crippen LogP contribution in [-0.4, -0.2) is 4.98 Å². The molecule has 0 radical (unpaired) electrons. The second-order valence-electron chi connectivity index (χ2n) is 4.83. The molecule has 0 fully saturated rings. The Hall–Kier alpha value is -2.06. The maximum absolute atomic E-state index is 5.98. The van der Waals surface area contributed by atoms with Gasteiger partial charge in [0.1, 0.15) is 0 Å². The smallest absolute Gasteiger partial charge is 0.0438 e. The largest absolute Gasteiger partial charge is 0.380 e. The predicted octanol–water partition coefficient (Wildman–Crippen LogP) is 4.81. The topological polar surface area (TPSA) is 24.9 Å². The lowest BCUT2D eigenvalue weighted by atomic mass is 10.1. The molecular formula is C17H15ClN2. The number of nitrogens with one attached hydrogen (secondary N) is 1. The Morgan fingerprint density at radius 1 is 1.15 bits per heavy atom. The number of aryl methyl sites for hydroxylation is 1. The molecule has 0 amide bonds. The van der Waals surface area contributed by atoms with E-state index in [1.807, 2.05) is 30.6 Å². The molecular weight excluding hydrogens is 268 g/mol. The van der Waals surface area contributed by atoms with Gasteiger partial charge in [0, 0.05) is 35.0 Å². The summed E-state index contributed by atoms with van der Waals surface area (Å²) in [6, 6.07) is 14.2. The first-order chi connectivity index (χ1) is 9.74. The summed E-state index contributed by atoms with van der Waals surface area (Å²) in [5, 5.41) is 6.59. The molecule has 2 aromatic carbocycles. The number of rotatable bonds is 3. The van der Waals surface area contributed by atoms with Crippen molar-refractivity contribution in [3.8, 4) is 0 Å². The fourth-order valence-electron chi connectivity index (χ4n) is 2.32. The van der Waals surface area contributed by atoms with E-state index in [-0.39, 0.29) is 0 Å². The van der Waals surface area contributed by atoms with E-state index in [1.165, 1.54) is 16.5 Å². The maximum Gasteiger partial charge on any atom is 0.0438 e. The number of aromatic nitrogens is 1. The van der Waals surface area contributed by atoms with Crippen LogP contribution in [0.2, 0.25) is 5.02 Å². The molecule has 2 nitrogen and oxygen atoms in total. The molecule has 1 aromatic heterocycles. The van der Waals surface area contributed by atoms with Crippen molar-refractivity contribution in [1.82, 2.24) is 4.98 Å². The van der Waals surface area contributed by atoms with Gasteiger partial charge in [-0.25, -0.2) is 0 Å². The number of nitrogens with zero attached hydrogens (tertiary/aromatic N) is 1. The zero-order valence-electron chi connectivity index (χ0n) is 11.2. The molecule has 0 unspecified atom stereocenters. The van der Waals surface area contributed by atoms with E-state index >= 15 is 0 Å². The number of benzene rings is 2. The summed E-state index contributed by atoms with van der Waals surface area (Å²) >= 11 is 5.98. The SMILES string of the molecule is Cc1cc(Cl)ccc1CNc1cccc2ccncc12. The van der Waals surface area contributed by atoms with Crippen molar-refractivity contribution in [2.45, 2.75) is 13.5 Å². The monoisotopic (exact) mass is 282 g/mol. The Kier molecular flexibility index (Phi) is 3.57. The first kappa shape index (κ1) is 12.9. The van der Waals surface area contributed by atoms with Crippen LogP contribution in [0.1, 0.15) is 11.1 Å². The molecule has 0 saturated heterocycles. The van der Waals surface area contributed by atoms with Gasteiger partial charge in [-0.15, -0.1) is 0 Å². The molecule has 20 heavy (non-hydrogen) atoms. The minimum atomic E-state index is 0.775. The van der Waals surface area contributed by atoms with Crippen molar-refractivity contribution in [1.29, 1.82) is 0 Å². The summed E-state index contributed by atoms with van der Waals surface area (Å²) in [7, 11) is 0. The molecule has 0 aliphatic carbocycles. The lowest BCUT2D eigenvalue weighted by molar-refractivity contribution is 1.12. The van der Waals surface area contributed by atoms with Crippen molar-refractivity contribution < 1.29 is 0 Å². The average Bonchev–Trinajstić information content (AvgIpc) is 2.46. The van der Waals surface area contributed by atoms with Crippen molar-refractivity contribution in [3.63, 3.8) is 0 Å². The summed E-state index contributed by atoms with van der Waals surface area (Å²) in [5.74, 6) is 0. The molecule has 3 aromatic rings. The van der Waals surface area contributed by atoms with Crippen molar-refractivity contribution in [3.05, 3.63) is 71.0 Å². The lowest BCUT2D eigenvalue weighted by Gasteiger charge is -2.11. The van der Waals surface area contributed by atoms with E-state index in [0.29, 0.717) is 0 Å². The predicted molar refractivity (Wildman–Crippen MR) is 85.3 cm³/mol. The van der Waals surface area contributed by atoms with Gasteiger partial charge in [-0.1, -0.05) is 29.8 Å². The Bertz CT molecular complexity index is 748. The zero-order valence-corrected chi connectivity index (χ0v) is 12.0. The van der Waals surface area contributed by atoms with Gasteiger partial charge in [0.05, 0.1) is 0 Å². The van der Waals surface area contributed by atoms with E-state index in [4.69, 9.17) is 11.6 Å². The Morgan fingerprint density at radius 3 is 2.90 bits per heavy atom. The van der Waals surface area contributed by atoms with Gasteiger partial charge in [-0.2, -0.15) is 0 Å². The maximum atomic E-state index is 5.98. The Balaban J connectivity index is 1.87. The normalized spacial score (nSPS) is 10.7. The Morgan fingerprint density at radius 2 is 2.05 bits per heavy atom. The van der Waals surface area contributed by atoms with Crippen LogP contribution >= 0.6 is 11.6 Å². The first-order valence-electron chi connectivity index (χ1n) is 6.56. The first-order valence-corrected chi connectivity index (χ1v) is 6.93. The van der Waals surface area contributed by atoms with Gasteiger partial charge in [0.25, 0.3) is 0 Å². The van der Waals surface area contributed by atoms with Crippen LogP contribution in [-0.2, 0) is 6.54 Å². The molecule has 1 heterocycles. The van der Waals surface area contributed by atoms with Crippen LogP contribution in [0.3, 0.4) is 0 Å². The highest BCUT2D eigenvalue weighted by Crippen LogP contribution is 2.23. The van der Waals surface area contributed by atoms with Crippen molar-refractivity contribution >= 4 is 28.1 Å². The van der Waals surface area contributed by atoms with Gasteiger partial charge < -0.3 is 5.32 Å². The number of anilines is 1. The standard InChI is InChI=1S/C17H15ClN2/c1-12-9-15(18)6-5-14(12)10-20-17-4-2-3-13-7-8-19-11-16(13)17/h2-9,11,20H,10H2,1H3. The van der Waals surface area contributed by atoms with Gasteiger partial charge >= 0.3 is 0 Å².